The van der Waals surface area contributed by atoms with Crippen molar-refractivity contribution in [3.63, 3.8) is 0 Å². The van der Waals surface area contributed by atoms with Crippen molar-refractivity contribution in [2.75, 3.05) is 0 Å². The second-order valence-electron chi connectivity index (χ2n) is 4.74. The van der Waals surface area contributed by atoms with Gasteiger partial charge in [0.15, 0.2) is 0 Å². The van der Waals surface area contributed by atoms with Crippen molar-refractivity contribution < 1.29 is 54.6 Å². The van der Waals surface area contributed by atoms with E-state index in [2.05, 4.69) is 0 Å². The molecule has 6 nitrogen and oxygen atoms in total. The van der Waals surface area contributed by atoms with Crippen molar-refractivity contribution in [2.24, 2.45) is 0 Å². The zero-order chi connectivity index (χ0) is 17.6. The van der Waals surface area contributed by atoms with Gasteiger partial charge in [-0.15, -0.1) is 0 Å². The molecule has 123 valence electrons. The molecule has 0 aliphatic heterocycles. The van der Waals surface area contributed by atoms with E-state index in [0.717, 1.165) is 0 Å². The van der Waals surface area contributed by atoms with Crippen LogP contribution in [0.1, 0.15) is 60.8 Å². The fourth-order valence-corrected chi connectivity index (χ4v) is 1.05. The van der Waals surface area contributed by atoms with E-state index < -0.39 is 0 Å². The van der Waals surface area contributed by atoms with Crippen LogP contribution in [-0.4, -0.2) is 34.7 Å². The smallest absolute Gasteiger partial charge is 0.137 e. The SMILES string of the molecule is CC(=O)CC(C)=O.CC(=O)CC(C)=O.CC(=O)CC(C)=O.[Sc]. The Labute approximate surface area is 150 Å². The molecule has 0 saturated heterocycles. The number of hydrogen-bond acceptors (Lipinski definition) is 6. The van der Waals surface area contributed by atoms with Gasteiger partial charge in [-0.25, -0.2) is 0 Å². The largest absolute Gasteiger partial charge is 0.300 e. The van der Waals surface area contributed by atoms with E-state index in [0.29, 0.717) is 0 Å². The van der Waals surface area contributed by atoms with E-state index in [4.69, 9.17) is 0 Å². The van der Waals surface area contributed by atoms with Crippen LogP contribution < -0.4 is 0 Å². The van der Waals surface area contributed by atoms with Crippen molar-refractivity contribution in [1.82, 2.24) is 0 Å². The fraction of sp³-hybridized carbons (Fsp3) is 0.600. The summed E-state index contributed by atoms with van der Waals surface area (Å²) < 4.78 is 0. The van der Waals surface area contributed by atoms with Crippen LogP contribution in [0.4, 0.5) is 0 Å². The summed E-state index contributed by atoms with van der Waals surface area (Å²) in [5.41, 5.74) is 0. The Hall–Kier alpha value is -1.11. The Bertz CT molecular complexity index is 314. The van der Waals surface area contributed by atoms with Gasteiger partial charge in [-0.3, -0.25) is 28.8 Å². The molecule has 0 saturated carbocycles. The molecule has 0 heterocycles. The zero-order valence-electron chi connectivity index (χ0n) is 14.1. The maximum Gasteiger partial charge on any atom is 0.137 e. The van der Waals surface area contributed by atoms with Crippen molar-refractivity contribution >= 4 is 34.7 Å². The molecule has 0 atom stereocenters. The van der Waals surface area contributed by atoms with Gasteiger partial charge >= 0.3 is 0 Å². The summed E-state index contributed by atoms with van der Waals surface area (Å²) in [7, 11) is 0. The number of Topliss-reactive ketones (excluding diaryl/α,β-unsaturated/α-hetero) is 6. The van der Waals surface area contributed by atoms with E-state index in [1.165, 1.54) is 41.5 Å². The molecule has 22 heavy (non-hydrogen) atoms. The van der Waals surface area contributed by atoms with Gasteiger partial charge in [0.05, 0.1) is 19.3 Å². The van der Waals surface area contributed by atoms with Gasteiger partial charge in [0, 0.05) is 25.8 Å². The van der Waals surface area contributed by atoms with E-state index in [9.17, 15) is 28.8 Å². The molecular weight excluding hydrogens is 321 g/mol. The summed E-state index contributed by atoms with van der Waals surface area (Å²) in [6, 6.07) is 0. The molecule has 0 N–H and O–H groups in total. The van der Waals surface area contributed by atoms with Crippen LogP contribution in [0.15, 0.2) is 0 Å². The summed E-state index contributed by atoms with van der Waals surface area (Å²) in [5.74, 6) is -0.375. The first-order valence-electron chi connectivity index (χ1n) is 6.35. The van der Waals surface area contributed by atoms with Gasteiger partial charge in [0.25, 0.3) is 0 Å². The van der Waals surface area contributed by atoms with Crippen LogP contribution in [0.25, 0.3) is 0 Å². The molecule has 0 aromatic carbocycles. The molecule has 7 heteroatoms. The average Bonchev–Trinajstić information content (AvgIpc) is 2.10. The number of ketones is 6. The van der Waals surface area contributed by atoms with Crippen molar-refractivity contribution in [3.05, 3.63) is 0 Å². The Morgan fingerprint density at radius 1 is 0.409 bits per heavy atom. The minimum Gasteiger partial charge on any atom is -0.300 e. The Kier molecular flexibility index (Phi) is 23.6. The molecule has 0 amide bonds. The second-order valence-corrected chi connectivity index (χ2v) is 4.74. The van der Waals surface area contributed by atoms with Crippen LogP contribution in [0, 0.1) is 0 Å². The Balaban J connectivity index is -0.000000108. The van der Waals surface area contributed by atoms with Gasteiger partial charge in [0.1, 0.15) is 34.7 Å². The van der Waals surface area contributed by atoms with Crippen molar-refractivity contribution in [3.8, 4) is 0 Å². The fourth-order valence-electron chi connectivity index (χ4n) is 1.05. The topological polar surface area (TPSA) is 102 Å². The van der Waals surface area contributed by atoms with Gasteiger partial charge in [-0.1, -0.05) is 0 Å². The maximum atomic E-state index is 10.0. The first-order valence-corrected chi connectivity index (χ1v) is 6.35. The Morgan fingerprint density at radius 3 is 0.500 bits per heavy atom. The molecule has 0 aliphatic rings. The van der Waals surface area contributed by atoms with Crippen LogP contribution >= 0.6 is 0 Å². The van der Waals surface area contributed by atoms with Crippen LogP contribution in [0.3, 0.4) is 0 Å². The molecule has 0 aromatic heterocycles. The standard InChI is InChI=1S/3C5H8O2.Sc/c3*1-4(6)3-5(2)7;/h3*3H2,1-2H3;. The maximum absolute atomic E-state index is 10.0. The minimum atomic E-state index is -0.0625. The van der Waals surface area contributed by atoms with E-state index in [1.807, 2.05) is 0 Å². The van der Waals surface area contributed by atoms with E-state index in [1.54, 1.807) is 0 Å². The third-order valence-electron chi connectivity index (χ3n) is 1.49. The molecule has 0 aliphatic carbocycles. The molecule has 0 bridgehead atoms. The summed E-state index contributed by atoms with van der Waals surface area (Å²) in [4.78, 5) is 60.2. The van der Waals surface area contributed by atoms with Crippen LogP contribution in [0.2, 0.25) is 0 Å². The van der Waals surface area contributed by atoms with E-state index in [-0.39, 0.29) is 79.8 Å². The summed E-state index contributed by atoms with van der Waals surface area (Å²) in [5, 5.41) is 0. The molecule has 0 aromatic rings. The first-order chi connectivity index (χ1) is 9.38. The van der Waals surface area contributed by atoms with Gasteiger partial charge in [-0.05, 0) is 41.5 Å². The molecule has 0 fully saturated rings. The molecular formula is C15H24O6Sc. The van der Waals surface area contributed by atoms with Crippen LogP contribution in [0.5, 0.6) is 0 Å². The van der Waals surface area contributed by atoms with Gasteiger partial charge in [0.2, 0.25) is 0 Å². The number of carbonyl (C=O) groups is 6. The summed E-state index contributed by atoms with van der Waals surface area (Å²) in [6.45, 7) is 8.42. The molecule has 0 spiro atoms. The molecule has 0 unspecified atom stereocenters. The molecule has 1 radical (unpaired) electrons. The first kappa shape index (κ1) is 29.0. The number of carbonyl (C=O) groups excluding carboxylic acids is 6. The van der Waals surface area contributed by atoms with Gasteiger partial charge in [-0.2, -0.15) is 0 Å². The number of rotatable bonds is 6. The number of hydrogen-bond donors (Lipinski definition) is 0. The second kappa shape index (κ2) is 17.9. The quantitative estimate of drug-likeness (QED) is 0.678. The van der Waals surface area contributed by atoms with E-state index >= 15 is 0 Å². The van der Waals surface area contributed by atoms with Crippen molar-refractivity contribution in [2.45, 2.75) is 60.8 Å². The normalized spacial score (nSPS) is 7.91. The monoisotopic (exact) mass is 345 g/mol. The minimum absolute atomic E-state index is 0. The molecule has 0 rings (SSSR count). The zero-order valence-corrected chi connectivity index (χ0v) is 16.0. The predicted octanol–water partition coefficient (Wildman–Crippen LogP) is 1.66. The van der Waals surface area contributed by atoms with Gasteiger partial charge < -0.3 is 0 Å². The Morgan fingerprint density at radius 2 is 0.500 bits per heavy atom. The predicted molar refractivity (Wildman–Crippen MR) is 77.9 cm³/mol. The summed E-state index contributed by atoms with van der Waals surface area (Å²) in [6.07, 6.45) is 0.250. The van der Waals surface area contributed by atoms with Crippen molar-refractivity contribution in [1.29, 1.82) is 0 Å². The third kappa shape index (κ3) is 51.0. The summed E-state index contributed by atoms with van der Waals surface area (Å²) >= 11 is 0. The third-order valence-corrected chi connectivity index (χ3v) is 1.49. The van der Waals surface area contributed by atoms with Crippen LogP contribution in [-0.2, 0) is 54.6 Å². The average molecular weight is 345 g/mol.